The maximum absolute atomic E-state index is 5.27. The maximum Gasteiger partial charge on any atom is 0.216 e. The summed E-state index contributed by atoms with van der Waals surface area (Å²) in [6, 6.07) is 4.11. The van der Waals surface area contributed by atoms with Gasteiger partial charge in [-0.1, -0.05) is 6.07 Å². The molecular weight excluding hydrogens is 212 g/mol. The molecule has 0 spiro atoms. The Kier molecular flexibility index (Phi) is 4.85. The number of rotatable bonds is 2. The highest BCUT2D eigenvalue weighted by Gasteiger charge is 2.18. The van der Waals surface area contributed by atoms with Gasteiger partial charge in [0.2, 0.25) is 5.88 Å². The first-order valence-corrected chi connectivity index (χ1v) is 5.11. The van der Waals surface area contributed by atoms with E-state index in [1.807, 2.05) is 6.07 Å². The van der Waals surface area contributed by atoms with E-state index in [0.29, 0.717) is 5.92 Å². The molecule has 0 saturated carbocycles. The lowest BCUT2D eigenvalue weighted by Crippen LogP contribution is -2.26. The Hall–Kier alpha value is -0.800. The van der Waals surface area contributed by atoms with Crippen LogP contribution in [-0.4, -0.2) is 25.2 Å². The highest BCUT2D eigenvalue weighted by atomic mass is 35.5. The molecule has 1 fully saturated rings. The molecule has 1 aliphatic rings. The van der Waals surface area contributed by atoms with Crippen molar-refractivity contribution in [2.75, 3.05) is 20.2 Å². The van der Waals surface area contributed by atoms with E-state index in [4.69, 9.17) is 4.74 Å². The number of nitrogens with zero attached hydrogens (tertiary/aromatic N) is 1. The molecule has 3 nitrogen and oxygen atoms in total. The van der Waals surface area contributed by atoms with Crippen LogP contribution in [0.5, 0.6) is 5.88 Å². The molecule has 4 heteroatoms. The molecule has 2 heterocycles. The van der Waals surface area contributed by atoms with Crippen molar-refractivity contribution >= 4 is 12.4 Å². The summed E-state index contributed by atoms with van der Waals surface area (Å²) in [7, 11) is 1.69. The van der Waals surface area contributed by atoms with Crippen molar-refractivity contribution in [1.29, 1.82) is 0 Å². The quantitative estimate of drug-likeness (QED) is 0.841. The average Bonchev–Trinajstić information content (AvgIpc) is 2.30. The van der Waals surface area contributed by atoms with Crippen molar-refractivity contribution in [2.45, 2.75) is 18.8 Å². The molecule has 1 aromatic heterocycles. The van der Waals surface area contributed by atoms with E-state index in [2.05, 4.69) is 16.4 Å². The van der Waals surface area contributed by atoms with Gasteiger partial charge in [0.1, 0.15) is 0 Å². The summed E-state index contributed by atoms with van der Waals surface area (Å²) in [5.41, 5.74) is 1.26. The van der Waals surface area contributed by atoms with Gasteiger partial charge in [0.25, 0.3) is 0 Å². The van der Waals surface area contributed by atoms with Crippen molar-refractivity contribution in [2.24, 2.45) is 0 Å². The number of pyridine rings is 1. The minimum atomic E-state index is 0. The van der Waals surface area contributed by atoms with Gasteiger partial charge in [0, 0.05) is 11.8 Å². The highest BCUT2D eigenvalue weighted by molar-refractivity contribution is 5.85. The Balaban J connectivity index is 0.00000112. The van der Waals surface area contributed by atoms with Gasteiger partial charge in [0.05, 0.1) is 7.11 Å². The molecule has 2 rings (SSSR count). The van der Waals surface area contributed by atoms with Crippen LogP contribution < -0.4 is 10.1 Å². The summed E-state index contributed by atoms with van der Waals surface area (Å²) in [5, 5.41) is 3.36. The van der Waals surface area contributed by atoms with Crippen LogP contribution in [0.25, 0.3) is 0 Å². The van der Waals surface area contributed by atoms with Crippen LogP contribution in [0.2, 0.25) is 0 Å². The molecule has 0 atom stereocenters. The average molecular weight is 229 g/mol. The predicted octanol–water partition coefficient (Wildman–Crippen LogP) is 1.98. The Morgan fingerprint density at radius 3 is 2.80 bits per heavy atom. The molecule has 0 amide bonds. The first-order valence-electron chi connectivity index (χ1n) is 5.11. The van der Waals surface area contributed by atoms with Crippen LogP contribution in [0.4, 0.5) is 0 Å². The third-order valence-corrected chi connectivity index (χ3v) is 2.77. The largest absolute Gasteiger partial charge is 0.481 e. The summed E-state index contributed by atoms with van der Waals surface area (Å²) in [5.74, 6) is 1.40. The molecule has 0 aliphatic carbocycles. The van der Waals surface area contributed by atoms with Crippen LogP contribution in [0.15, 0.2) is 18.3 Å². The number of nitrogens with one attached hydrogen (secondary N) is 1. The van der Waals surface area contributed by atoms with Crippen molar-refractivity contribution in [3.63, 3.8) is 0 Å². The van der Waals surface area contributed by atoms with Crippen molar-refractivity contribution < 1.29 is 4.74 Å². The van der Waals surface area contributed by atoms with Gasteiger partial charge in [-0.15, -0.1) is 12.4 Å². The number of piperidine rings is 1. The van der Waals surface area contributed by atoms with E-state index < -0.39 is 0 Å². The first kappa shape index (κ1) is 12.3. The highest BCUT2D eigenvalue weighted by Crippen LogP contribution is 2.30. The van der Waals surface area contributed by atoms with E-state index in [9.17, 15) is 0 Å². The number of aromatic nitrogens is 1. The Labute approximate surface area is 96.7 Å². The minimum absolute atomic E-state index is 0. The standard InChI is InChI=1S/C11H16N2O.ClH/c1-14-11-10(3-2-6-13-11)9-4-7-12-8-5-9;/h2-3,6,9,12H,4-5,7-8H2,1H3;1H. The van der Waals surface area contributed by atoms with E-state index in [-0.39, 0.29) is 12.4 Å². The monoisotopic (exact) mass is 228 g/mol. The lowest BCUT2D eigenvalue weighted by atomic mass is 9.91. The number of hydrogen-bond acceptors (Lipinski definition) is 3. The maximum atomic E-state index is 5.27. The van der Waals surface area contributed by atoms with Crippen molar-refractivity contribution in [3.8, 4) is 5.88 Å². The number of halogens is 1. The number of methoxy groups -OCH3 is 1. The topological polar surface area (TPSA) is 34.1 Å². The smallest absolute Gasteiger partial charge is 0.216 e. The van der Waals surface area contributed by atoms with E-state index >= 15 is 0 Å². The second-order valence-corrected chi connectivity index (χ2v) is 3.63. The van der Waals surface area contributed by atoms with Crippen LogP contribution in [0.1, 0.15) is 24.3 Å². The fourth-order valence-corrected chi connectivity index (χ4v) is 2.02. The SMILES string of the molecule is COc1ncccc1C1CCNCC1.Cl. The van der Waals surface area contributed by atoms with Gasteiger partial charge in [-0.25, -0.2) is 4.98 Å². The molecule has 84 valence electrons. The van der Waals surface area contributed by atoms with Crippen molar-refractivity contribution in [1.82, 2.24) is 10.3 Å². The molecular formula is C11H17ClN2O. The molecule has 1 N–H and O–H groups in total. The van der Waals surface area contributed by atoms with Crippen LogP contribution in [0, 0.1) is 0 Å². The molecule has 0 unspecified atom stereocenters. The molecule has 1 aliphatic heterocycles. The second kappa shape index (κ2) is 5.93. The summed E-state index contributed by atoms with van der Waals surface area (Å²) in [4.78, 5) is 4.23. The zero-order chi connectivity index (χ0) is 9.80. The van der Waals surface area contributed by atoms with E-state index in [1.54, 1.807) is 13.3 Å². The van der Waals surface area contributed by atoms with Gasteiger partial charge < -0.3 is 10.1 Å². The fraction of sp³-hybridized carbons (Fsp3) is 0.545. The van der Waals surface area contributed by atoms with Gasteiger partial charge >= 0.3 is 0 Å². The van der Waals surface area contributed by atoms with Crippen LogP contribution >= 0.6 is 12.4 Å². The zero-order valence-electron chi connectivity index (χ0n) is 8.90. The first-order chi connectivity index (χ1) is 6.92. The summed E-state index contributed by atoms with van der Waals surface area (Å²) >= 11 is 0. The molecule has 0 aromatic carbocycles. The number of hydrogen-bond donors (Lipinski definition) is 1. The third kappa shape index (κ3) is 2.83. The molecule has 1 aromatic rings. The van der Waals surface area contributed by atoms with E-state index in [0.717, 1.165) is 19.0 Å². The zero-order valence-corrected chi connectivity index (χ0v) is 9.72. The van der Waals surface area contributed by atoms with Gasteiger partial charge in [-0.05, 0) is 37.9 Å². The van der Waals surface area contributed by atoms with Crippen molar-refractivity contribution in [3.05, 3.63) is 23.9 Å². The summed E-state index contributed by atoms with van der Waals surface area (Å²) in [6.45, 7) is 2.20. The molecule has 0 bridgehead atoms. The summed E-state index contributed by atoms with van der Waals surface area (Å²) in [6.07, 6.45) is 4.15. The number of ether oxygens (including phenoxy) is 1. The third-order valence-electron chi connectivity index (χ3n) is 2.77. The Morgan fingerprint density at radius 1 is 1.40 bits per heavy atom. The second-order valence-electron chi connectivity index (χ2n) is 3.63. The lowest BCUT2D eigenvalue weighted by Gasteiger charge is -2.23. The molecule has 1 saturated heterocycles. The van der Waals surface area contributed by atoms with Gasteiger partial charge in [-0.2, -0.15) is 0 Å². The van der Waals surface area contributed by atoms with Crippen LogP contribution in [-0.2, 0) is 0 Å². The van der Waals surface area contributed by atoms with E-state index in [1.165, 1.54) is 18.4 Å². The Bertz CT molecular complexity index is 300. The lowest BCUT2D eigenvalue weighted by molar-refractivity contribution is 0.377. The van der Waals surface area contributed by atoms with Crippen LogP contribution in [0.3, 0.4) is 0 Å². The van der Waals surface area contributed by atoms with Gasteiger partial charge in [-0.3, -0.25) is 0 Å². The normalized spacial score (nSPS) is 16.9. The molecule has 15 heavy (non-hydrogen) atoms. The molecule has 0 radical (unpaired) electrons. The predicted molar refractivity (Wildman–Crippen MR) is 62.9 cm³/mol. The van der Waals surface area contributed by atoms with Gasteiger partial charge in [0.15, 0.2) is 0 Å². The fourth-order valence-electron chi connectivity index (χ4n) is 2.02. The minimum Gasteiger partial charge on any atom is -0.481 e. The Morgan fingerprint density at radius 2 is 2.13 bits per heavy atom. The summed E-state index contributed by atoms with van der Waals surface area (Å²) < 4.78 is 5.27.